The molecule has 0 aliphatic carbocycles. The maximum Gasteiger partial charge on any atom is 0.227 e. The molecule has 0 radical (unpaired) electrons. The Morgan fingerprint density at radius 3 is 2.50 bits per heavy atom. The van der Waals surface area contributed by atoms with Crippen molar-refractivity contribution in [3.63, 3.8) is 0 Å². The summed E-state index contributed by atoms with van der Waals surface area (Å²) in [4.78, 5) is 15.0. The minimum Gasteiger partial charge on any atom is -0.335 e. The SMILES string of the molecule is CC(C(=O)N1CCCC1c1ccc(Cl)cc1)C(N)c1ccccc1. The molecule has 3 rings (SSSR count). The molecule has 2 aromatic rings. The molecule has 3 unspecified atom stereocenters. The Labute approximate surface area is 148 Å². The molecular weight excluding hydrogens is 320 g/mol. The van der Waals surface area contributed by atoms with Crippen LogP contribution in [0.4, 0.5) is 0 Å². The van der Waals surface area contributed by atoms with Crippen molar-refractivity contribution in [2.24, 2.45) is 11.7 Å². The average molecular weight is 343 g/mol. The van der Waals surface area contributed by atoms with Gasteiger partial charge in [0.1, 0.15) is 0 Å². The number of nitrogens with zero attached hydrogens (tertiary/aromatic N) is 1. The summed E-state index contributed by atoms with van der Waals surface area (Å²) in [5, 5.41) is 0.717. The summed E-state index contributed by atoms with van der Waals surface area (Å²) < 4.78 is 0. The van der Waals surface area contributed by atoms with E-state index in [1.54, 1.807) is 0 Å². The first-order chi connectivity index (χ1) is 11.6. The second-order valence-corrected chi connectivity index (χ2v) is 6.90. The monoisotopic (exact) mass is 342 g/mol. The standard InChI is InChI=1S/C20H23ClN2O/c1-14(19(22)16-6-3-2-4-7-16)20(24)23-13-5-8-18(23)15-9-11-17(21)12-10-15/h2-4,6-7,9-12,14,18-19H,5,8,13,22H2,1H3. The molecule has 4 heteroatoms. The number of carbonyl (C=O) groups excluding carboxylic acids is 1. The summed E-state index contributed by atoms with van der Waals surface area (Å²) in [7, 11) is 0. The zero-order chi connectivity index (χ0) is 17.1. The van der Waals surface area contributed by atoms with E-state index in [-0.39, 0.29) is 23.9 Å². The number of carbonyl (C=O) groups is 1. The van der Waals surface area contributed by atoms with Crippen molar-refractivity contribution < 1.29 is 4.79 Å². The van der Waals surface area contributed by atoms with Gasteiger partial charge in [-0.05, 0) is 36.1 Å². The van der Waals surface area contributed by atoms with Crippen LogP contribution in [0.5, 0.6) is 0 Å². The summed E-state index contributed by atoms with van der Waals surface area (Å²) >= 11 is 5.98. The Hall–Kier alpha value is -1.84. The Balaban J connectivity index is 1.76. The van der Waals surface area contributed by atoms with Crippen LogP contribution in [-0.4, -0.2) is 17.4 Å². The lowest BCUT2D eigenvalue weighted by molar-refractivity contribution is -0.136. The van der Waals surface area contributed by atoms with Gasteiger partial charge in [0.05, 0.1) is 12.0 Å². The molecule has 1 heterocycles. The van der Waals surface area contributed by atoms with Crippen LogP contribution in [-0.2, 0) is 4.79 Å². The Morgan fingerprint density at radius 1 is 1.17 bits per heavy atom. The fraction of sp³-hybridized carbons (Fsp3) is 0.350. The zero-order valence-electron chi connectivity index (χ0n) is 13.9. The van der Waals surface area contributed by atoms with E-state index in [2.05, 4.69) is 0 Å². The normalized spacial score (nSPS) is 20.0. The van der Waals surface area contributed by atoms with Gasteiger partial charge in [-0.15, -0.1) is 0 Å². The van der Waals surface area contributed by atoms with E-state index in [0.29, 0.717) is 5.02 Å². The van der Waals surface area contributed by atoms with Gasteiger partial charge in [0.15, 0.2) is 0 Å². The van der Waals surface area contributed by atoms with Gasteiger partial charge in [-0.2, -0.15) is 0 Å². The van der Waals surface area contributed by atoms with Gasteiger partial charge >= 0.3 is 0 Å². The maximum atomic E-state index is 13.0. The number of hydrogen-bond acceptors (Lipinski definition) is 2. The van der Waals surface area contributed by atoms with Crippen LogP contribution in [0.15, 0.2) is 54.6 Å². The molecule has 0 spiro atoms. The van der Waals surface area contributed by atoms with Gasteiger partial charge in [-0.25, -0.2) is 0 Å². The summed E-state index contributed by atoms with van der Waals surface area (Å²) in [6, 6.07) is 17.5. The fourth-order valence-electron chi connectivity index (χ4n) is 3.44. The number of hydrogen-bond donors (Lipinski definition) is 1. The number of benzene rings is 2. The molecule has 0 aromatic heterocycles. The Kier molecular flexibility index (Phi) is 5.22. The lowest BCUT2D eigenvalue weighted by Crippen LogP contribution is -2.39. The lowest BCUT2D eigenvalue weighted by Gasteiger charge is -2.30. The van der Waals surface area contributed by atoms with E-state index in [1.807, 2.05) is 66.4 Å². The highest BCUT2D eigenvalue weighted by atomic mass is 35.5. The lowest BCUT2D eigenvalue weighted by atomic mass is 9.93. The van der Waals surface area contributed by atoms with Crippen molar-refractivity contribution in [2.75, 3.05) is 6.54 Å². The second-order valence-electron chi connectivity index (χ2n) is 6.47. The number of amides is 1. The van der Waals surface area contributed by atoms with Gasteiger partial charge in [-0.3, -0.25) is 4.79 Å². The van der Waals surface area contributed by atoms with Crippen molar-refractivity contribution in [3.05, 3.63) is 70.7 Å². The number of halogens is 1. The molecule has 3 atom stereocenters. The Morgan fingerprint density at radius 2 is 1.83 bits per heavy atom. The smallest absolute Gasteiger partial charge is 0.227 e. The highest BCUT2D eigenvalue weighted by molar-refractivity contribution is 6.30. The van der Waals surface area contributed by atoms with Crippen LogP contribution in [0.2, 0.25) is 5.02 Å². The number of likely N-dealkylation sites (tertiary alicyclic amines) is 1. The minimum atomic E-state index is -0.287. The first kappa shape index (κ1) is 17.0. The van der Waals surface area contributed by atoms with Crippen molar-refractivity contribution >= 4 is 17.5 Å². The second kappa shape index (κ2) is 7.37. The van der Waals surface area contributed by atoms with E-state index in [1.165, 1.54) is 0 Å². The molecule has 0 saturated carbocycles. The third-order valence-electron chi connectivity index (χ3n) is 4.90. The first-order valence-electron chi connectivity index (χ1n) is 8.44. The van der Waals surface area contributed by atoms with Crippen LogP contribution < -0.4 is 5.73 Å². The molecule has 1 aliphatic heterocycles. The van der Waals surface area contributed by atoms with E-state index < -0.39 is 0 Å². The van der Waals surface area contributed by atoms with Crippen molar-refractivity contribution in [3.8, 4) is 0 Å². The van der Waals surface area contributed by atoms with Gasteiger partial charge in [0.25, 0.3) is 0 Å². The van der Waals surface area contributed by atoms with E-state index in [9.17, 15) is 4.79 Å². The predicted molar refractivity (Wildman–Crippen MR) is 97.7 cm³/mol. The van der Waals surface area contributed by atoms with Crippen molar-refractivity contribution in [1.29, 1.82) is 0 Å². The van der Waals surface area contributed by atoms with E-state index >= 15 is 0 Å². The van der Waals surface area contributed by atoms with Crippen LogP contribution >= 0.6 is 11.6 Å². The fourth-order valence-corrected chi connectivity index (χ4v) is 3.57. The molecule has 0 bridgehead atoms. The van der Waals surface area contributed by atoms with Crippen molar-refractivity contribution in [2.45, 2.75) is 31.8 Å². The van der Waals surface area contributed by atoms with Gasteiger partial charge in [-0.1, -0.05) is 61.0 Å². The van der Waals surface area contributed by atoms with E-state index in [4.69, 9.17) is 17.3 Å². The summed E-state index contributed by atoms with van der Waals surface area (Å²) in [5.41, 5.74) is 8.49. The third kappa shape index (κ3) is 3.47. The number of rotatable bonds is 4. The molecule has 2 N–H and O–H groups in total. The van der Waals surface area contributed by atoms with Gasteiger partial charge in [0.2, 0.25) is 5.91 Å². The van der Waals surface area contributed by atoms with Crippen LogP contribution in [0, 0.1) is 5.92 Å². The summed E-state index contributed by atoms with van der Waals surface area (Å²) in [6.07, 6.45) is 2.01. The molecule has 1 saturated heterocycles. The topological polar surface area (TPSA) is 46.3 Å². The Bertz CT molecular complexity index is 687. The first-order valence-corrected chi connectivity index (χ1v) is 8.82. The number of nitrogens with two attached hydrogens (primary N) is 1. The third-order valence-corrected chi connectivity index (χ3v) is 5.16. The molecule has 3 nitrogen and oxygen atoms in total. The molecule has 126 valence electrons. The summed E-state index contributed by atoms with van der Waals surface area (Å²) in [6.45, 7) is 2.72. The van der Waals surface area contributed by atoms with Crippen molar-refractivity contribution in [1.82, 2.24) is 4.90 Å². The van der Waals surface area contributed by atoms with Crippen LogP contribution in [0.3, 0.4) is 0 Å². The highest BCUT2D eigenvalue weighted by Crippen LogP contribution is 2.35. The predicted octanol–water partition coefficient (Wildman–Crippen LogP) is 4.34. The molecule has 1 fully saturated rings. The molecule has 1 amide bonds. The van der Waals surface area contributed by atoms with Crippen LogP contribution in [0.1, 0.15) is 43.0 Å². The van der Waals surface area contributed by atoms with Gasteiger partial charge in [0, 0.05) is 17.6 Å². The quantitative estimate of drug-likeness (QED) is 0.898. The highest BCUT2D eigenvalue weighted by Gasteiger charge is 2.34. The van der Waals surface area contributed by atoms with Gasteiger partial charge < -0.3 is 10.6 Å². The molecule has 24 heavy (non-hydrogen) atoms. The zero-order valence-corrected chi connectivity index (χ0v) is 14.6. The largest absolute Gasteiger partial charge is 0.335 e. The molecular formula is C20H23ClN2O. The maximum absolute atomic E-state index is 13.0. The van der Waals surface area contributed by atoms with E-state index in [0.717, 1.165) is 30.5 Å². The molecule has 1 aliphatic rings. The molecule has 2 aromatic carbocycles. The minimum absolute atomic E-state index is 0.125. The average Bonchev–Trinajstić information content (AvgIpc) is 3.11. The summed E-state index contributed by atoms with van der Waals surface area (Å²) in [5.74, 6) is -0.121. The van der Waals surface area contributed by atoms with Crippen LogP contribution in [0.25, 0.3) is 0 Å².